The van der Waals surface area contributed by atoms with Crippen molar-refractivity contribution >= 4 is 21.6 Å². The van der Waals surface area contributed by atoms with E-state index in [9.17, 15) is 8.78 Å². The number of rotatable bonds is 5. The lowest BCUT2D eigenvalue weighted by Crippen LogP contribution is -1.71. The third-order valence-electron chi connectivity index (χ3n) is 1.20. The molecule has 0 spiro atoms. The van der Waals surface area contributed by atoms with Gasteiger partial charge in [0.2, 0.25) is 0 Å². The van der Waals surface area contributed by atoms with Gasteiger partial charge < -0.3 is 0 Å². The molecule has 0 unspecified atom stereocenters. The highest BCUT2D eigenvalue weighted by atomic mass is 33.1. The molecule has 0 aromatic heterocycles. The topological polar surface area (TPSA) is 0 Å². The summed E-state index contributed by atoms with van der Waals surface area (Å²) >= 11 is 0. The first kappa shape index (κ1) is 12.0. The zero-order chi connectivity index (χ0) is 9.40. The molecule has 0 atom stereocenters. The van der Waals surface area contributed by atoms with Crippen LogP contribution in [0.15, 0.2) is 22.5 Å². The van der Waals surface area contributed by atoms with E-state index in [-0.39, 0.29) is 0 Å². The quantitative estimate of drug-likeness (QED) is 0.597. The summed E-state index contributed by atoms with van der Waals surface area (Å²) < 4.78 is 24.0. The zero-order valence-corrected chi connectivity index (χ0v) is 8.77. The summed E-state index contributed by atoms with van der Waals surface area (Å²) in [6, 6.07) is 0. The molecule has 0 radical (unpaired) electrons. The van der Waals surface area contributed by atoms with Crippen LogP contribution in [0.1, 0.15) is 26.7 Å². The summed E-state index contributed by atoms with van der Waals surface area (Å²) in [6.45, 7) is 3.73. The second-order valence-electron chi connectivity index (χ2n) is 2.02. The van der Waals surface area contributed by atoms with Crippen LogP contribution in [0, 0.1) is 0 Å². The zero-order valence-electron chi connectivity index (χ0n) is 7.14. The number of hydrogen-bond acceptors (Lipinski definition) is 2. The molecule has 0 heterocycles. The lowest BCUT2D eigenvalue weighted by Gasteiger charge is -2.01. The fourth-order valence-corrected chi connectivity index (χ4v) is 2.51. The molecule has 0 saturated carbocycles. The normalized spacial score (nSPS) is 13.7. The Hall–Kier alpha value is 0.0400. The van der Waals surface area contributed by atoms with E-state index in [1.807, 2.05) is 13.8 Å². The van der Waals surface area contributed by atoms with Crippen LogP contribution in [0.4, 0.5) is 8.78 Å². The third kappa shape index (κ3) is 4.83. The van der Waals surface area contributed by atoms with Crippen LogP contribution in [0.3, 0.4) is 0 Å². The molecular formula is C8H12F2S2. The second-order valence-corrected chi connectivity index (χ2v) is 4.41. The molecule has 0 rings (SSSR count). The second kappa shape index (κ2) is 7.68. The van der Waals surface area contributed by atoms with Gasteiger partial charge in [0.15, 0.2) is 0 Å². The van der Waals surface area contributed by atoms with E-state index >= 15 is 0 Å². The van der Waals surface area contributed by atoms with Crippen LogP contribution in [0.25, 0.3) is 0 Å². The summed E-state index contributed by atoms with van der Waals surface area (Å²) in [4.78, 5) is 1.26. The average molecular weight is 210 g/mol. The molecule has 0 fully saturated rings. The van der Waals surface area contributed by atoms with Gasteiger partial charge in [0.05, 0.1) is 12.7 Å². The van der Waals surface area contributed by atoms with E-state index in [0.717, 1.165) is 0 Å². The minimum Gasteiger partial charge on any atom is -0.215 e. The molecule has 70 valence electrons. The molecule has 12 heavy (non-hydrogen) atoms. The van der Waals surface area contributed by atoms with E-state index in [4.69, 9.17) is 0 Å². The van der Waals surface area contributed by atoms with Gasteiger partial charge in [-0.15, -0.1) is 0 Å². The molecule has 0 nitrogen and oxygen atoms in total. The maximum atomic E-state index is 12.0. The monoisotopic (exact) mass is 210 g/mol. The van der Waals surface area contributed by atoms with E-state index in [2.05, 4.69) is 0 Å². The standard InChI is InChI=1S/C8H12F2S2/c1-3-7(5-9)11-12-8(4-2)6-10/h5-6H,3-4H2,1-2H3. The first-order valence-corrected chi connectivity index (χ1v) is 5.86. The Labute approximate surface area is 79.9 Å². The average Bonchev–Trinajstić information content (AvgIpc) is 2.13. The van der Waals surface area contributed by atoms with Crippen LogP contribution in [-0.4, -0.2) is 0 Å². The van der Waals surface area contributed by atoms with E-state index in [1.165, 1.54) is 21.6 Å². The Bertz CT molecular complexity index is 156. The maximum absolute atomic E-state index is 12.0. The van der Waals surface area contributed by atoms with Gasteiger partial charge in [-0.1, -0.05) is 35.4 Å². The van der Waals surface area contributed by atoms with Gasteiger partial charge in [-0.05, 0) is 12.8 Å². The highest BCUT2D eigenvalue weighted by Crippen LogP contribution is 2.38. The van der Waals surface area contributed by atoms with Gasteiger partial charge in [0, 0.05) is 9.81 Å². The van der Waals surface area contributed by atoms with Crippen molar-refractivity contribution in [1.82, 2.24) is 0 Å². The van der Waals surface area contributed by atoms with Crippen LogP contribution in [0.5, 0.6) is 0 Å². The number of allylic oxidation sites excluding steroid dienone is 2. The van der Waals surface area contributed by atoms with Gasteiger partial charge in [-0.3, -0.25) is 0 Å². The molecule has 0 aliphatic heterocycles. The van der Waals surface area contributed by atoms with Crippen LogP contribution >= 0.6 is 21.6 Å². The van der Waals surface area contributed by atoms with Crippen molar-refractivity contribution in [3.8, 4) is 0 Å². The molecule has 0 aliphatic rings. The fourth-order valence-electron chi connectivity index (χ4n) is 0.416. The SMILES string of the molecule is CCC(=CF)SSC(=CF)CC. The maximum Gasteiger partial charge on any atom is 0.0970 e. The molecule has 0 bridgehead atoms. The Morgan fingerprint density at radius 3 is 1.50 bits per heavy atom. The molecule has 0 saturated heterocycles. The first-order chi connectivity index (χ1) is 5.78. The Balaban J connectivity index is 3.81. The van der Waals surface area contributed by atoms with Gasteiger partial charge in [0.1, 0.15) is 0 Å². The highest BCUT2D eigenvalue weighted by Gasteiger charge is 1.99. The van der Waals surface area contributed by atoms with Crippen molar-refractivity contribution in [2.45, 2.75) is 26.7 Å². The van der Waals surface area contributed by atoms with E-state index < -0.39 is 0 Å². The third-order valence-corrected chi connectivity index (χ3v) is 4.00. The predicted octanol–water partition coefficient (Wildman–Crippen LogP) is 4.81. The molecule has 0 aliphatic carbocycles. The summed E-state index contributed by atoms with van der Waals surface area (Å²) in [5, 5.41) is 0. The molecule has 4 heteroatoms. The summed E-state index contributed by atoms with van der Waals surface area (Å²) in [7, 11) is 2.55. The Morgan fingerprint density at radius 2 is 1.33 bits per heavy atom. The minimum atomic E-state index is 0.573. The first-order valence-electron chi connectivity index (χ1n) is 3.71. The molecule has 0 amide bonds. The van der Waals surface area contributed by atoms with Crippen molar-refractivity contribution in [3.05, 3.63) is 22.5 Å². The van der Waals surface area contributed by atoms with Crippen LogP contribution in [0.2, 0.25) is 0 Å². The smallest absolute Gasteiger partial charge is 0.0970 e. The van der Waals surface area contributed by atoms with Gasteiger partial charge in [-0.2, -0.15) is 0 Å². The van der Waals surface area contributed by atoms with E-state index in [1.54, 1.807) is 0 Å². The van der Waals surface area contributed by atoms with Gasteiger partial charge >= 0.3 is 0 Å². The Morgan fingerprint density at radius 1 is 1.00 bits per heavy atom. The van der Waals surface area contributed by atoms with Crippen molar-refractivity contribution in [2.24, 2.45) is 0 Å². The molecule has 0 aromatic carbocycles. The molecular weight excluding hydrogens is 198 g/mol. The van der Waals surface area contributed by atoms with Crippen molar-refractivity contribution in [3.63, 3.8) is 0 Å². The number of hydrogen-bond donors (Lipinski definition) is 0. The summed E-state index contributed by atoms with van der Waals surface area (Å²) in [6.07, 6.45) is 2.45. The molecule has 0 N–H and O–H groups in total. The summed E-state index contributed by atoms with van der Waals surface area (Å²) in [5.41, 5.74) is 0. The van der Waals surface area contributed by atoms with Crippen molar-refractivity contribution in [1.29, 1.82) is 0 Å². The Kier molecular flexibility index (Phi) is 7.70. The van der Waals surface area contributed by atoms with Crippen molar-refractivity contribution in [2.75, 3.05) is 0 Å². The van der Waals surface area contributed by atoms with Crippen molar-refractivity contribution < 1.29 is 8.78 Å². The fraction of sp³-hybridized carbons (Fsp3) is 0.500. The van der Waals surface area contributed by atoms with Gasteiger partial charge in [0.25, 0.3) is 0 Å². The highest BCUT2D eigenvalue weighted by molar-refractivity contribution is 8.79. The lowest BCUT2D eigenvalue weighted by atomic mass is 10.5. The minimum absolute atomic E-state index is 0.573. The largest absolute Gasteiger partial charge is 0.215 e. The number of halogens is 2. The van der Waals surface area contributed by atoms with Crippen LogP contribution in [-0.2, 0) is 0 Å². The predicted molar refractivity (Wildman–Crippen MR) is 54.1 cm³/mol. The lowest BCUT2D eigenvalue weighted by molar-refractivity contribution is 0.712. The van der Waals surface area contributed by atoms with Crippen LogP contribution < -0.4 is 0 Å². The van der Waals surface area contributed by atoms with E-state index in [0.29, 0.717) is 35.3 Å². The summed E-state index contributed by atoms with van der Waals surface area (Å²) in [5.74, 6) is 0. The van der Waals surface area contributed by atoms with Gasteiger partial charge in [-0.25, -0.2) is 8.78 Å². The molecule has 0 aromatic rings.